The van der Waals surface area contributed by atoms with Crippen LogP contribution in [0.5, 0.6) is 11.5 Å². The van der Waals surface area contributed by atoms with Gasteiger partial charge in [0.1, 0.15) is 6.04 Å². The Hall–Kier alpha value is -3.48. The van der Waals surface area contributed by atoms with Crippen LogP contribution >= 0.6 is 0 Å². The third-order valence-corrected chi connectivity index (χ3v) is 6.17. The summed E-state index contributed by atoms with van der Waals surface area (Å²) in [5.74, 6) is 1.28. The lowest BCUT2D eigenvalue weighted by Crippen LogP contribution is -2.62. The second-order valence-corrected chi connectivity index (χ2v) is 7.79. The minimum Gasteiger partial charge on any atom is -0.454 e. The van der Waals surface area contributed by atoms with Crippen molar-refractivity contribution in [2.75, 3.05) is 20.4 Å². The fourth-order valence-corrected chi connectivity index (χ4v) is 4.84. The zero-order valence-corrected chi connectivity index (χ0v) is 15.8. The number of piperazine rings is 1. The molecule has 30 heavy (non-hydrogen) atoms. The first-order chi connectivity index (χ1) is 14.1. The number of carbonyl (C=O) groups is 2. The minimum atomic E-state index is -0.511. The molecule has 6 rings (SSSR count). The van der Waals surface area contributed by atoms with Crippen molar-refractivity contribution in [1.82, 2.24) is 14.8 Å². The molecule has 4 heterocycles. The molecule has 0 saturated carbocycles. The molecular formula is C23H25N3O4. The summed E-state index contributed by atoms with van der Waals surface area (Å²) in [6.07, 6.45) is 0.509. The molecule has 7 nitrogen and oxygen atoms in total. The van der Waals surface area contributed by atoms with Crippen molar-refractivity contribution in [2.24, 2.45) is 0 Å². The van der Waals surface area contributed by atoms with E-state index in [-0.39, 0.29) is 40.0 Å². The summed E-state index contributed by atoms with van der Waals surface area (Å²) in [6, 6.07) is 12.9. The Morgan fingerprint density at radius 1 is 1.10 bits per heavy atom. The number of carbonyl (C=O) groups excluding carboxylic acids is 2. The zero-order chi connectivity index (χ0) is 19.7. The predicted octanol–water partition coefficient (Wildman–Crippen LogP) is 3.09. The van der Waals surface area contributed by atoms with Gasteiger partial charge in [-0.3, -0.25) is 9.59 Å². The summed E-state index contributed by atoms with van der Waals surface area (Å²) in [6.45, 7) is 0.279. The first-order valence-corrected chi connectivity index (χ1v) is 9.67. The number of H-pyrrole nitrogens is 1. The molecule has 3 aliphatic rings. The molecule has 0 radical (unpaired) electrons. The van der Waals surface area contributed by atoms with Crippen LogP contribution in [0.1, 0.15) is 31.7 Å². The lowest BCUT2D eigenvalue weighted by molar-refractivity contribution is -0.157. The topological polar surface area (TPSA) is 74.9 Å². The van der Waals surface area contributed by atoms with Gasteiger partial charge in [-0.05, 0) is 29.3 Å². The minimum absolute atomic E-state index is 0. The summed E-state index contributed by atoms with van der Waals surface area (Å²) in [7, 11) is 1.69. The van der Waals surface area contributed by atoms with Gasteiger partial charge >= 0.3 is 0 Å². The van der Waals surface area contributed by atoms with Crippen LogP contribution < -0.4 is 9.47 Å². The maximum atomic E-state index is 13.1. The number of aromatic amines is 1. The van der Waals surface area contributed by atoms with Crippen LogP contribution in [0.2, 0.25) is 0 Å². The van der Waals surface area contributed by atoms with Crippen LogP contribution in [0.4, 0.5) is 0 Å². The Balaban J connectivity index is 0.00000116. The third-order valence-electron chi connectivity index (χ3n) is 6.17. The molecule has 0 unspecified atom stereocenters. The maximum Gasteiger partial charge on any atom is 0.245 e. The standard InChI is InChI=1S/C22H19N3O4.CH4.H2/c1-24-10-19(26)25-16(22(24)27)9-14-13-4-2-3-5-15(13)23-20(14)21(25)12-6-7-17-18(8-12)29-11-28-17;;/h2-8,16,21,23H,9-11H2,1H3;1H4;1H/t16-,21-;;/m1../s1/i;;1+2. The highest BCUT2D eigenvalue weighted by atomic mass is 16.7. The molecule has 2 amide bonds. The Labute approximate surface area is 175 Å². The van der Waals surface area contributed by atoms with Gasteiger partial charge < -0.3 is 24.3 Å². The van der Waals surface area contributed by atoms with Crippen molar-refractivity contribution in [3.05, 3.63) is 59.3 Å². The number of hydrogen-bond donors (Lipinski definition) is 1. The Bertz CT molecular complexity index is 1190. The molecule has 1 aromatic heterocycles. The van der Waals surface area contributed by atoms with Gasteiger partial charge in [-0.2, -0.15) is 0 Å². The number of aromatic nitrogens is 1. The molecule has 3 aliphatic heterocycles. The van der Waals surface area contributed by atoms with Crippen molar-refractivity contribution in [2.45, 2.75) is 25.9 Å². The molecule has 0 aliphatic carbocycles. The highest BCUT2D eigenvalue weighted by molar-refractivity contribution is 5.97. The van der Waals surface area contributed by atoms with Crippen LogP contribution in [-0.4, -0.2) is 53.0 Å². The van der Waals surface area contributed by atoms with Crippen LogP contribution in [0, 0.1) is 0 Å². The van der Waals surface area contributed by atoms with E-state index in [4.69, 9.17) is 9.47 Å². The molecular weight excluding hydrogens is 382 g/mol. The predicted molar refractivity (Wildman–Crippen MR) is 114 cm³/mol. The largest absolute Gasteiger partial charge is 0.454 e. The summed E-state index contributed by atoms with van der Waals surface area (Å²) >= 11 is 0. The fraction of sp³-hybridized carbons (Fsp3) is 0.304. The summed E-state index contributed by atoms with van der Waals surface area (Å²) in [4.78, 5) is 32.9. The van der Waals surface area contributed by atoms with E-state index in [1.54, 1.807) is 11.9 Å². The smallest absolute Gasteiger partial charge is 0.245 e. The van der Waals surface area contributed by atoms with Crippen LogP contribution in [0.3, 0.4) is 0 Å². The Kier molecular flexibility index (Phi) is 4.03. The molecule has 0 bridgehead atoms. The SMILES string of the molecule is C.CN1CC(=O)N2[C@H](c3ccc4c(c3)OCO4)c3[nH]c4ccccc4c3C[C@@H]2C1=O.[3HH]. The Morgan fingerprint density at radius 2 is 1.90 bits per heavy atom. The van der Waals surface area contributed by atoms with E-state index in [0.717, 1.165) is 27.7 Å². The van der Waals surface area contributed by atoms with E-state index in [2.05, 4.69) is 11.1 Å². The number of rotatable bonds is 1. The van der Waals surface area contributed by atoms with E-state index in [0.29, 0.717) is 17.9 Å². The summed E-state index contributed by atoms with van der Waals surface area (Å²) < 4.78 is 11.0. The van der Waals surface area contributed by atoms with Gasteiger partial charge in [-0.25, -0.2) is 0 Å². The van der Waals surface area contributed by atoms with Gasteiger partial charge in [0.25, 0.3) is 0 Å². The molecule has 2 atom stereocenters. The van der Waals surface area contributed by atoms with Crippen molar-refractivity contribution < 1.29 is 20.5 Å². The molecule has 0 spiro atoms. The lowest BCUT2D eigenvalue weighted by Gasteiger charge is -2.46. The number of ether oxygens (including phenoxy) is 2. The highest BCUT2D eigenvalue weighted by Gasteiger charge is 2.47. The molecule has 1 fully saturated rings. The van der Waals surface area contributed by atoms with Gasteiger partial charge in [-0.15, -0.1) is 0 Å². The monoisotopic (exact) mass is 409 g/mol. The quantitative estimate of drug-likeness (QED) is 0.670. The fourth-order valence-electron chi connectivity index (χ4n) is 4.84. The van der Waals surface area contributed by atoms with Gasteiger partial charge in [0.15, 0.2) is 11.5 Å². The number of hydrogen-bond acceptors (Lipinski definition) is 4. The average molecular weight is 409 g/mol. The second-order valence-electron chi connectivity index (χ2n) is 7.79. The maximum absolute atomic E-state index is 13.1. The number of amides is 2. The van der Waals surface area contributed by atoms with E-state index in [1.807, 2.05) is 36.4 Å². The average Bonchev–Trinajstić information content (AvgIpc) is 3.34. The van der Waals surface area contributed by atoms with Gasteiger partial charge in [0, 0.05) is 31.5 Å². The number of nitrogens with zero attached hydrogens (tertiary/aromatic N) is 2. The Morgan fingerprint density at radius 3 is 2.77 bits per heavy atom. The molecule has 3 aromatic rings. The molecule has 1 saturated heterocycles. The lowest BCUT2D eigenvalue weighted by atomic mass is 9.86. The van der Waals surface area contributed by atoms with Crippen LogP contribution in [-0.2, 0) is 16.0 Å². The van der Waals surface area contributed by atoms with Crippen molar-refractivity contribution >= 4 is 22.7 Å². The van der Waals surface area contributed by atoms with Gasteiger partial charge in [0.05, 0.1) is 12.6 Å². The zero-order valence-electron chi connectivity index (χ0n) is 15.8. The number of likely N-dealkylation sites (N-methyl/N-ethyl adjacent to an activating group) is 1. The van der Waals surface area contributed by atoms with Gasteiger partial charge in [-0.1, -0.05) is 31.7 Å². The van der Waals surface area contributed by atoms with Gasteiger partial charge in [0.2, 0.25) is 18.6 Å². The van der Waals surface area contributed by atoms with E-state index >= 15 is 0 Å². The van der Waals surface area contributed by atoms with Crippen LogP contribution in [0.15, 0.2) is 42.5 Å². The highest BCUT2D eigenvalue weighted by Crippen LogP contribution is 2.44. The molecule has 156 valence electrons. The normalized spacial score (nSPS) is 22.0. The second kappa shape index (κ2) is 6.52. The number of fused-ring (bicyclic) bond motifs is 5. The number of para-hydroxylation sites is 1. The van der Waals surface area contributed by atoms with E-state index < -0.39 is 6.04 Å². The van der Waals surface area contributed by atoms with E-state index in [1.165, 1.54) is 4.90 Å². The van der Waals surface area contributed by atoms with Crippen molar-refractivity contribution in [3.8, 4) is 11.5 Å². The van der Waals surface area contributed by atoms with Crippen molar-refractivity contribution in [1.29, 1.82) is 0 Å². The van der Waals surface area contributed by atoms with Crippen LogP contribution in [0.25, 0.3) is 10.9 Å². The van der Waals surface area contributed by atoms with Crippen molar-refractivity contribution in [3.63, 3.8) is 0 Å². The molecule has 2 aromatic carbocycles. The number of benzene rings is 2. The first-order valence-electron chi connectivity index (χ1n) is 9.67. The molecule has 1 N–H and O–H groups in total. The van der Waals surface area contributed by atoms with E-state index in [9.17, 15) is 9.59 Å². The summed E-state index contributed by atoms with van der Waals surface area (Å²) in [5, 5.41) is 1.10. The number of nitrogens with one attached hydrogen (secondary N) is 1. The third kappa shape index (κ3) is 2.44. The first kappa shape index (κ1) is 18.5. The summed E-state index contributed by atoms with van der Waals surface area (Å²) in [5.41, 5.74) is 3.97. The molecule has 7 heteroatoms.